The van der Waals surface area contributed by atoms with Crippen LogP contribution >= 0.6 is 47.8 Å². The number of fused-ring (bicyclic) bond motifs is 1. The highest BCUT2D eigenvalue weighted by Crippen LogP contribution is 2.31. The van der Waals surface area contributed by atoms with Crippen molar-refractivity contribution in [3.63, 3.8) is 0 Å². The maximum Gasteiger partial charge on any atom is 0.0946 e. The van der Waals surface area contributed by atoms with Crippen molar-refractivity contribution in [3.05, 3.63) is 47.5 Å². The Morgan fingerprint density at radius 1 is 0.933 bits per heavy atom. The van der Waals surface area contributed by atoms with Crippen molar-refractivity contribution in [2.45, 2.75) is 9.07 Å². The van der Waals surface area contributed by atoms with Crippen molar-refractivity contribution in [2.75, 3.05) is 0 Å². The molecule has 2 rings (SSSR count). The van der Waals surface area contributed by atoms with Crippen LogP contribution in [0, 0.1) is 0 Å². The first-order valence-electron chi connectivity index (χ1n) is 4.57. The summed E-state index contributed by atoms with van der Waals surface area (Å²) in [5.74, 6) is 0. The molecular weight excluding hydrogens is 384 g/mol. The maximum absolute atomic E-state index is 3.51. The topological polar surface area (TPSA) is 0 Å². The fourth-order valence-electron chi connectivity index (χ4n) is 1.53. The third kappa shape index (κ3) is 2.63. The van der Waals surface area contributed by atoms with Gasteiger partial charge in [0.05, 0.1) is 3.74 Å². The molecule has 0 fully saturated rings. The van der Waals surface area contributed by atoms with E-state index in [2.05, 4.69) is 84.2 Å². The van der Waals surface area contributed by atoms with Gasteiger partial charge in [0.2, 0.25) is 0 Å². The van der Waals surface area contributed by atoms with Gasteiger partial charge in [0.25, 0.3) is 0 Å². The van der Waals surface area contributed by atoms with Crippen molar-refractivity contribution in [3.8, 4) is 0 Å². The Hall–Kier alpha value is 0.140. The van der Waals surface area contributed by atoms with E-state index in [4.69, 9.17) is 0 Å². The number of rotatable bonds is 2. The zero-order valence-electron chi connectivity index (χ0n) is 7.88. The second-order valence-corrected chi connectivity index (χ2v) is 7.00. The molecule has 15 heavy (non-hydrogen) atoms. The minimum absolute atomic E-state index is 0.224. The van der Waals surface area contributed by atoms with E-state index in [1.54, 1.807) is 0 Å². The molecule has 3 heteroatoms. The van der Waals surface area contributed by atoms with E-state index in [1.165, 1.54) is 21.9 Å². The average Bonchev–Trinajstić information content (AvgIpc) is 2.27. The molecule has 0 N–H and O–H groups in total. The molecule has 0 saturated carbocycles. The van der Waals surface area contributed by atoms with Crippen molar-refractivity contribution in [1.82, 2.24) is 0 Å². The lowest BCUT2D eigenvalue weighted by molar-refractivity contribution is 1.43. The van der Waals surface area contributed by atoms with E-state index in [0.717, 1.165) is 5.33 Å². The molecular formula is C12H9Br3. The minimum atomic E-state index is 0.224. The standard InChI is InChI=1S/C12H9Br3/c13-7-8-1-2-9-3-4-10(12(14)15)6-11(9)5-8/h1-6,12H,7H2. The van der Waals surface area contributed by atoms with Gasteiger partial charge < -0.3 is 0 Å². The Labute approximate surface area is 114 Å². The van der Waals surface area contributed by atoms with Crippen LogP contribution in [0.4, 0.5) is 0 Å². The van der Waals surface area contributed by atoms with Gasteiger partial charge in [0.15, 0.2) is 0 Å². The van der Waals surface area contributed by atoms with Gasteiger partial charge in [-0.25, -0.2) is 0 Å². The summed E-state index contributed by atoms with van der Waals surface area (Å²) in [7, 11) is 0. The molecule has 0 aliphatic heterocycles. The summed E-state index contributed by atoms with van der Waals surface area (Å²) in [5.41, 5.74) is 2.55. The highest BCUT2D eigenvalue weighted by Gasteiger charge is 2.03. The van der Waals surface area contributed by atoms with Crippen LogP contribution in [0.1, 0.15) is 14.9 Å². The first kappa shape index (κ1) is 11.6. The van der Waals surface area contributed by atoms with E-state index in [9.17, 15) is 0 Å². The Bertz CT molecular complexity index is 477. The monoisotopic (exact) mass is 390 g/mol. The van der Waals surface area contributed by atoms with Crippen LogP contribution < -0.4 is 0 Å². The van der Waals surface area contributed by atoms with Crippen molar-refractivity contribution in [2.24, 2.45) is 0 Å². The molecule has 0 amide bonds. The Kier molecular flexibility index (Phi) is 3.86. The molecule has 0 atom stereocenters. The van der Waals surface area contributed by atoms with E-state index in [-0.39, 0.29) is 3.74 Å². The molecule has 2 aromatic carbocycles. The molecule has 0 aliphatic carbocycles. The molecule has 0 radical (unpaired) electrons. The summed E-state index contributed by atoms with van der Waals surface area (Å²) in [6.07, 6.45) is 0. The normalized spacial score (nSPS) is 11.2. The second kappa shape index (κ2) is 4.98. The third-order valence-electron chi connectivity index (χ3n) is 2.33. The highest BCUT2D eigenvalue weighted by atomic mass is 79.9. The number of hydrogen-bond acceptors (Lipinski definition) is 0. The Morgan fingerprint density at radius 3 is 2.33 bits per heavy atom. The number of halogens is 3. The largest absolute Gasteiger partial charge is 0.0946 e. The predicted octanol–water partition coefficient (Wildman–Crippen LogP) is 5.52. The zero-order chi connectivity index (χ0) is 10.8. The Balaban J connectivity index is 2.57. The molecule has 0 saturated heterocycles. The fourth-order valence-corrected chi connectivity index (χ4v) is 2.45. The fraction of sp³-hybridized carbons (Fsp3) is 0.167. The molecule has 0 spiro atoms. The van der Waals surface area contributed by atoms with Crippen LogP contribution in [-0.2, 0) is 5.33 Å². The number of benzene rings is 2. The third-order valence-corrected chi connectivity index (χ3v) is 4.04. The molecule has 0 nitrogen and oxygen atoms in total. The summed E-state index contributed by atoms with van der Waals surface area (Å²) in [6, 6.07) is 13.0. The average molecular weight is 393 g/mol. The number of hydrogen-bond donors (Lipinski definition) is 0. The SMILES string of the molecule is BrCc1ccc2ccc(C(Br)Br)cc2c1. The maximum atomic E-state index is 3.51. The van der Waals surface area contributed by atoms with Gasteiger partial charge in [-0.3, -0.25) is 0 Å². The summed E-state index contributed by atoms with van der Waals surface area (Å²) in [4.78, 5) is 0. The highest BCUT2D eigenvalue weighted by molar-refractivity contribution is 9.24. The summed E-state index contributed by atoms with van der Waals surface area (Å²) < 4.78 is 0.224. The van der Waals surface area contributed by atoms with Crippen molar-refractivity contribution < 1.29 is 0 Å². The first-order valence-corrected chi connectivity index (χ1v) is 7.52. The lowest BCUT2D eigenvalue weighted by Gasteiger charge is -2.05. The minimum Gasteiger partial charge on any atom is -0.0876 e. The van der Waals surface area contributed by atoms with Crippen LogP contribution in [0.5, 0.6) is 0 Å². The van der Waals surface area contributed by atoms with Crippen LogP contribution in [-0.4, -0.2) is 0 Å². The predicted molar refractivity (Wildman–Crippen MR) is 77.2 cm³/mol. The molecule has 78 valence electrons. The summed E-state index contributed by atoms with van der Waals surface area (Å²) in [6.45, 7) is 0. The molecule has 0 bridgehead atoms. The van der Waals surface area contributed by atoms with E-state index in [1.807, 2.05) is 0 Å². The zero-order valence-corrected chi connectivity index (χ0v) is 12.6. The molecule has 0 aliphatic rings. The van der Waals surface area contributed by atoms with Gasteiger partial charge in [0.1, 0.15) is 0 Å². The van der Waals surface area contributed by atoms with E-state index in [0.29, 0.717) is 0 Å². The Morgan fingerprint density at radius 2 is 1.67 bits per heavy atom. The van der Waals surface area contributed by atoms with Gasteiger partial charge in [-0.05, 0) is 28.0 Å². The summed E-state index contributed by atoms with van der Waals surface area (Å²) >= 11 is 10.5. The van der Waals surface area contributed by atoms with Crippen LogP contribution in [0.25, 0.3) is 10.8 Å². The van der Waals surface area contributed by atoms with Gasteiger partial charge in [-0.2, -0.15) is 0 Å². The van der Waals surface area contributed by atoms with Crippen LogP contribution in [0.2, 0.25) is 0 Å². The van der Waals surface area contributed by atoms with Gasteiger partial charge in [-0.1, -0.05) is 78.1 Å². The molecule has 0 heterocycles. The smallest absolute Gasteiger partial charge is 0.0876 e. The van der Waals surface area contributed by atoms with Crippen molar-refractivity contribution >= 4 is 58.6 Å². The van der Waals surface area contributed by atoms with Crippen LogP contribution in [0.3, 0.4) is 0 Å². The van der Waals surface area contributed by atoms with Gasteiger partial charge in [0, 0.05) is 5.33 Å². The lowest BCUT2D eigenvalue weighted by Crippen LogP contribution is -1.83. The first-order chi connectivity index (χ1) is 7.20. The van der Waals surface area contributed by atoms with Gasteiger partial charge >= 0.3 is 0 Å². The quantitative estimate of drug-likeness (QED) is 0.590. The second-order valence-electron chi connectivity index (χ2n) is 3.38. The van der Waals surface area contributed by atoms with E-state index >= 15 is 0 Å². The molecule has 0 aromatic heterocycles. The lowest BCUT2D eigenvalue weighted by atomic mass is 10.1. The van der Waals surface area contributed by atoms with Crippen molar-refractivity contribution in [1.29, 1.82) is 0 Å². The van der Waals surface area contributed by atoms with E-state index < -0.39 is 0 Å². The van der Waals surface area contributed by atoms with Gasteiger partial charge in [-0.15, -0.1) is 0 Å². The molecule has 0 unspecified atom stereocenters. The summed E-state index contributed by atoms with van der Waals surface area (Å²) in [5, 5.41) is 3.47. The number of alkyl halides is 3. The van der Waals surface area contributed by atoms with Crippen LogP contribution in [0.15, 0.2) is 36.4 Å². The molecule has 2 aromatic rings.